The number of halogens is 1. The molecule has 1 aliphatic rings. The standard InChI is InChI=1S/C20H17FO5/c1-3-24-20(23)12(2)25-15-8-9-16-17(11-15)26-18(19(16)22)10-13-4-6-14(21)7-5-13/h4-12H,3H2,1-2H3/b18-10-. The third-order valence-corrected chi connectivity index (χ3v) is 3.74. The Balaban J connectivity index is 1.77. The normalized spacial score (nSPS) is 15.3. The summed E-state index contributed by atoms with van der Waals surface area (Å²) in [4.78, 5) is 24.1. The summed E-state index contributed by atoms with van der Waals surface area (Å²) in [6, 6.07) is 10.4. The molecule has 5 nitrogen and oxygen atoms in total. The molecule has 0 fully saturated rings. The highest BCUT2D eigenvalue weighted by atomic mass is 19.1. The first-order chi connectivity index (χ1) is 12.5. The summed E-state index contributed by atoms with van der Waals surface area (Å²) >= 11 is 0. The molecule has 134 valence electrons. The van der Waals surface area contributed by atoms with E-state index in [0.29, 0.717) is 22.6 Å². The third kappa shape index (κ3) is 3.74. The Morgan fingerprint density at radius 2 is 1.96 bits per heavy atom. The first-order valence-corrected chi connectivity index (χ1v) is 8.15. The number of hydrogen-bond donors (Lipinski definition) is 0. The Bertz CT molecular complexity index is 870. The number of rotatable bonds is 5. The topological polar surface area (TPSA) is 61.8 Å². The lowest BCUT2D eigenvalue weighted by atomic mass is 10.1. The van der Waals surface area contributed by atoms with Gasteiger partial charge in [-0.3, -0.25) is 4.79 Å². The second-order valence-electron chi connectivity index (χ2n) is 5.66. The van der Waals surface area contributed by atoms with E-state index in [1.165, 1.54) is 12.1 Å². The van der Waals surface area contributed by atoms with Crippen LogP contribution in [0, 0.1) is 5.82 Å². The second kappa shape index (κ2) is 7.39. The van der Waals surface area contributed by atoms with Crippen molar-refractivity contribution >= 4 is 17.8 Å². The number of ketones is 1. The minimum Gasteiger partial charge on any atom is -0.479 e. The van der Waals surface area contributed by atoms with Gasteiger partial charge in [0, 0.05) is 6.07 Å². The zero-order valence-electron chi connectivity index (χ0n) is 14.3. The van der Waals surface area contributed by atoms with Gasteiger partial charge in [0.2, 0.25) is 5.78 Å². The van der Waals surface area contributed by atoms with Crippen LogP contribution in [0.1, 0.15) is 29.8 Å². The molecule has 1 unspecified atom stereocenters. The average molecular weight is 356 g/mol. The van der Waals surface area contributed by atoms with Crippen molar-refractivity contribution in [3.05, 3.63) is 65.2 Å². The quantitative estimate of drug-likeness (QED) is 0.603. The van der Waals surface area contributed by atoms with Gasteiger partial charge in [0.05, 0.1) is 12.2 Å². The Hall–Kier alpha value is -3.15. The predicted molar refractivity (Wildman–Crippen MR) is 92.5 cm³/mol. The summed E-state index contributed by atoms with van der Waals surface area (Å²) in [6.07, 6.45) is 0.767. The summed E-state index contributed by atoms with van der Waals surface area (Å²) in [5.41, 5.74) is 1.05. The summed E-state index contributed by atoms with van der Waals surface area (Å²) in [5.74, 6) is -0.220. The lowest BCUT2D eigenvalue weighted by Crippen LogP contribution is -2.26. The van der Waals surface area contributed by atoms with Crippen LogP contribution in [0.15, 0.2) is 48.2 Å². The lowest BCUT2D eigenvalue weighted by Gasteiger charge is -2.13. The molecule has 0 saturated carbocycles. The predicted octanol–water partition coefficient (Wildman–Crippen LogP) is 3.77. The molecule has 26 heavy (non-hydrogen) atoms. The minimum atomic E-state index is -0.778. The fraction of sp³-hybridized carbons (Fsp3) is 0.200. The molecule has 1 heterocycles. The van der Waals surface area contributed by atoms with E-state index in [2.05, 4.69) is 0 Å². The monoisotopic (exact) mass is 356 g/mol. The van der Waals surface area contributed by atoms with Crippen LogP contribution in [0.2, 0.25) is 0 Å². The SMILES string of the molecule is CCOC(=O)C(C)Oc1ccc2c(c1)O/C(=C\c1ccc(F)cc1)C2=O. The zero-order valence-corrected chi connectivity index (χ0v) is 14.3. The number of hydrogen-bond acceptors (Lipinski definition) is 5. The molecule has 0 bridgehead atoms. The van der Waals surface area contributed by atoms with Gasteiger partial charge in [-0.05, 0) is 49.8 Å². The average Bonchev–Trinajstić information content (AvgIpc) is 2.92. The van der Waals surface area contributed by atoms with Crippen molar-refractivity contribution in [1.82, 2.24) is 0 Å². The first kappa shape index (κ1) is 17.7. The van der Waals surface area contributed by atoms with E-state index in [0.717, 1.165) is 0 Å². The molecule has 1 atom stereocenters. The molecular formula is C20H17FO5. The smallest absolute Gasteiger partial charge is 0.347 e. The van der Waals surface area contributed by atoms with Gasteiger partial charge in [-0.15, -0.1) is 0 Å². The van der Waals surface area contributed by atoms with E-state index in [4.69, 9.17) is 14.2 Å². The number of carbonyl (C=O) groups is 2. The van der Waals surface area contributed by atoms with E-state index >= 15 is 0 Å². The van der Waals surface area contributed by atoms with Crippen LogP contribution in [0.5, 0.6) is 11.5 Å². The zero-order chi connectivity index (χ0) is 18.7. The third-order valence-electron chi connectivity index (χ3n) is 3.74. The van der Waals surface area contributed by atoms with E-state index < -0.39 is 12.1 Å². The molecule has 2 aromatic rings. The fourth-order valence-corrected chi connectivity index (χ4v) is 2.46. The highest BCUT2D eigenvalue weighted by molar-refractivity contribution is 6.14. The molecule has 0 amide bonds. The molecule has 0 aliphatic carbocycles. The van der Waals surface area contributed by atoms with Crippen LogP contribution in [0.3, 0.4) is 0 Å². The van der Waals surface area contributed by atoms with Crippen molar-refractivity contribution in [2.45, 2.75) is 20.0 Å². The van der Waals surface area contributed by atoms with Crippen molar-refractivity contribution in [1.29, 1.82) is 0 Å². The summed E-state index contributed by atoms with van der Waals surface area (Å²) in [7, 11) is 0. The van der Waals surface area contributed by atoms with Crippen LogP contribution in [0.4, 0.5) is 4.39 Å². The second-order valence-corrected chi connectivity index (χ2v) is 5.66. The van der Waals surface area contributed by atoms with Gasteiger partial charge >= 0.3 is 5.97 Å². The largest absolute Gasteiger partial charge is 0.479 e. The number of Topliss-reactive ketones (excluding diaryl/α,β-unsaturated/α-hetero) is 1. The van der Waals surface area contributed by atoms with Crippen LogP contribution >= 0.6 is 0 Å². The Morgan fingerprint density at radius 1 is 1.23 bits per heavy atom. The maximum Gasteiger partial charge on any atom is 0.347 e. The van der Waals surface area contributed by atoms with Gasteiger partial charge < -0.3 is 14.2 Å². The number of benzene rings is 2. The van der Waals surface area contributed by atoms with Gasteiger partial charge in [-0.1, -0.05) is 12.1 Å². The number of fused-ring (bicyclic) bond motifs is 1. The van der Waals surface area contributed by atoms with Crippen molar-refractivity contribution < 1.29 is 28.2 Å². The molecular weight excluding hydrogens is 339 g/mol. The summed E-state index contributed by atoms with van der Waals surface area (Å²) < 4.78 is 29.0. The van der Waals surface area contributed by atoms with E-state index in [9.17, 15) is 14.0 Å². The van der Waals surface area contributed by atoms with E-state index in [1.54, 1.807) is 50.3 Å². The van der Waals surface area contributed by atoms with Crippen molar-refractivity contribution in [3.8, 4) is 11.5 Å². The van der Waals surface area contributed by atoms with Crippen LogP contribution in [0.25, 0.3) is 6.08 Å². The molecule has 3 rings (SSSR count). The maximum absolute atomic E-state index is 13.0. The molecule has 6 heteroatoms. The number of allylic oxidation sites excluding steroid dienone is 1. The van der Waals surface area contributed by atoms with Crippen molar-refractivity contribution in [3.63, 3.8) is 0 Å². The molecule has 0 spiro atoms. The van der Waals surface area contributed by atoms with Crippen LogP contribution in [-0.2, 0) is 9.53 Å². The molecule has 1 aliphatic heterocycles. The molecule has 0 N–H and O–H groups in total. The van der Waals surface area contributed by atoms with Gasteiger partial charge in [0.25, 0.3) is 0 Å². The summed E-state index contributed by atoms with van der Waals surface area (Å²) in [5, 5.41) is 0. The van der Waals surface area contributed by atoms with Crippen LogP contribution < -0.4 is 9.47 Å². The number of ether oxygens (including phenoxy) is 3. The lowest BCUT2D eigenvalue weighted by molar-refractivity contribution is -0.150. The number of carbonyl (C=O) groups excluding carboxylic acids is 2. The Morgan fingerprint density at radius 3 is 2.65 bits per heavy atom. The van der Waals surface area contributed by atoms with Crippen molar-refractivity contribution in [2.24, 2.45) is 0 Å². The van der Waals surface area contributed by atoms with E-state index in [-0.39, 0.29) is 24.0 Å². The maximum atomic E-state index is 13.0. The van der Waals surface area contributed by atoms with Gasteiger partial charge in [0.1, 0.15) is 17.3 Å². The number of esters is 1. The first-order valence-electron chi connectivity index (χ1n) is 8.15. The van der Waals surface area contributed by atoms with Gasteiger partial charge in [-0.2, -0.15) is 0 Å². The highest BCUT2D eigenvalue weighted by Gasteiger charge is 2.28. The molecule has 0 radical (unpaired) electrons. The van der Waals surface area contributed by atoms with Crippen LogP contribution in [-0.4, -0.2) is 24.5 Å². The van der Waals surface area contributed by atoms with Crippen molar-refractivity contribution in [2.75, 3.05) is 6.61 Å². The minimum absolute atomic E-state index is 0.141. The molecule has 0 saturated heterocycles. The Kier molecular flexibility index (Phi) is 5.02. The summed E-state index contributed by atoms with van der Waals surface area (Å²) in [6.45, 7) is 3.57. The van der Waals surface area contributed by atoms with Gasteiger partial charge in [-0.25, -0.2) is 9.18 Å². The molecule has 0 aromatic heterocycles. The Labute approximate surface area is 150 Å². The van der Waals surface area contributed by atoms with E-state index in [1.807, 2.05) is 0 Å². The highest BCUT2D eigenvalue weighted by Crippen LogP contribution is 2.35. The fourth-order valence-electron chi connectivity index (χ4n) is 2.46. The van der Waals surface area contributed by atoms with Gasteiger partial charge in [0.15, 0.2) is 11.9 Å². The molecule has 2 aromatic carbocycles.